The summed E-state index contributed by atoms with van der Waals surface area (Å²) < 4.78 is 13.8. The molecule has 4 nitrogen and oxygen atoms in total. The number of fused-ring (bicyclic) bond motifs is 2. The SMILES string of the molecule is CC(C(=O)Nc1ccc(Cl)cn1)C1C[C@H]2CC(c3ccnc4ccc(F)cc34)C[C@H]2C1. The van der Waals surface area contributed by atoms with E-state index < -0.39 is 0 Å². The Hall–Kier alpha value is -2.53. The lowest BCUT2D eigenvalue weighted by Gasteiger charge is -2.21. The fourth-order valence-corrected chi connectivity index (χ4v) is 5.84. The summed E-state index contributed by atoms with van der Waals surface area (Å²) in [7, 11) is 0. The number of nitrogens with zero attached hydrogens (tertiary/aromatic N) is 2. The number of carbonyl (C=O) groups excluding carboxylic acids is 1. The van der Waals surface area contributed by atoms with Gasteiger partial charge < -0.3 is 5.32 Å². The molecular weight excluding hydrogens is 413 g/mol. The van der Waals surface area contributed by atoms with Gasteiger partial charge >= 0.3 is 0 Å². The number of carbonyl (C=O) groups is 1. The molecule has 3 unspecified atom stereocenters. The van der Waals surface area contributed by atoms with Gasteiger partial charge in [-0.25, -0.2) is 9.37 Å². The van der Waals surface area contributed by atoms with Crippen LogP contribution in [0.2, 0.25) is 5.02 Å². The van der Waals surface area contributed by atoms with Gasteiger partial charge in [-0.3, -0.25) is 9.78 Å². The molecule has 2 aromatic heterocycles. The third-order valence-electron chi connectivity index (χ3n) is 7.33. The van der Waals surface area contributed by atoms with Crippen molar-refractivity contribution in [1.29, 1.82) is 0 Å². The zero-order valence-electron chi connectivity index (χ0n) is 17.4. The molecule has 0 spiro atoms. The van der Waals surface area contributed by atoms with Gasteiger partial charge in [0.15, 0.2) is 0 Å². The number of hydrogen-bond donors (Lipinski definition) is 1. The monoisotopic (exact) mass is 437 g/mol. The molecule has 2 heterocycles. The van der Waals surface area contributed by atoms with E-state index in [1.807, 2.05) is 13.1 Å². The second kappa shape index (κ2) is 8.19. The van der Waals surface area contributed by atoms with Gasteiger partial charge in [0.2, 0.25) is 5.91 Å². The first-order chi connectivity index (χ1) is 15.0. The van der Waals surface area contributed by atoms with Crippen molar-refractivity contribution in [3.05, 3.63) is 65.2 Å². The average Bonchev–Trinajstić information content (AvgIpc) is 3.33. The lowest BCUT2D eigenvalue weighted by molar-refractivity contribution is -0.120. The van der Waals surface area contributed by atoms with Gasteiger partial charge in [0.05, 0.1) is 10.5 Å². The molecule has 1 N–H and O–H groups in total. The zero-order valence-corrected chi connectivity index (χ0v) is 18.1. The third kappa shape index (κ3) is 4.03. The van der Waals surface area contributed by atoms with E-state index in [1.165, 1.54) is 17.8 Å². The first-order valence-corrected chi connectivity index (χ1v) is 11.3. The summed E-state index contributed by atoms with van der Waals surface area (Å²) >= 11 is 5.87. The van der Waals surface area contributed by atoms with Crippen LogP contribution in [0.1, 0.15) is 44.1 Å². The molecule has 1 amide bonds. The van der Waals surface area contributed by atoms with Crippen molar-refractivity contribution < 1.29 is 9.18 Å². The Balaban J connectivity index is 1.24. The maximum Gasteiger partial charge on any atom is 0.228 e. The minimum Gasteiger partial charge on any atom is -0.310 e. The number of benzene rings is 1. The molecule has 2 aliphatic carbocycles. The molecule has 2 saturated carbocycles. The van der Waals surface area contributed by atoms with Gasteiger partial charge in [0.1, 0.15) is 11.6 Å². The molecule has 5 rings (SSSR count). The van der Waals surface area contributed by atoms with E-state index in [0.717, 1.165) is 36.6 Å². The standard InChI is InChI=1S/C25H25ClFN3O/c1-14(25(31)30-24-5-2-19(26)13-29-24)15-8-16-10-18(11-17(16)9-15)21-6-7-28-23-4-3-20(27)12-22(21)23/h2-7,12-18H,8-11H2,1H3,(H,29,30,31)/t14?,15?,16-,17+,18?. The zero-order chi connectivity index (χ0) is 21.5. The number of aromatic nitrogens is 2. The Labute approximate surface area is 186 Å². The summed E-state index contributed by atoms with van der Waals surface area (Å²) in [6, 6.07) is 10.4. The minimum atomic E-state index is -0.213. The minimum absolute atomic E-state index is 0.0203. The molecule has 2 fully saturated rings. The summed E-state index contributed by atoms with van der Waals surface area (Å²) in [4.78, 5) is 21.3. The Bertz CT molecular complexity index is 1110. The Morgan fingerprint density at radius 2 is 1.87 bits per heavy atom. The number of halogens is 2. The van der Waals surface area contributed by atoms with E-state index in [0.29, 0.717) is 34.5 Å². The highest BCUT2D eigenvalue weighted by molar-refractivity contribution is 6.30. The first-order valence-electron chi connectivity index (χ1n) is 10.9. The van der Waals surface area contributed by atoms with E-state index in [-0.39, 0.29) is 17.6 Å². The molecule has 5 atom stereocenters. The van der Waals surface area contributed by atoms with E-state index >= 15 is 0 Å². The fraction of sp³-hybridized carbons (Fsp3) is 0.400. The van der Waals surface area contributed by atoms with Crippen molar-refractivity contribution in [1.82, 2.24) is 9.97 Å². The van der Waals surface area contributed by atoms with Crippen molar-refractivity contribution in [2.24, 2.45) is 23.7 Å². The first kappa shape index (κ1) is 20.4. The number of anilines is 1. The van der Waals surface area contributed by atoms with Gasteiger partial charge in [0, 0.05) is 23.7 Å². The van der Waals surface area contributed by atoms with Gasteiger partial charge in [-0.05, 0) is 91.3 Å². The summed E-state index contributed by atoms with van der Waals surface area (Å²) in [5, 5.41) is 4.41. The highest BCUT2D eigenvalue weighted by Crippen LogP contribution is 2.54. The number of nitrogens with one attached hydrogen (secondary N) is 1. The Morgan fingerprint density at radius 3 is 2.58 bits per heavy atom. The molecule has 6 heteroatoms. The highest BCUT2D eigenvalue weighted by atomic mass is 35.5. The number of hydrogen-bond acceptors (Lipinski definition) is 3. The van der Waals surface area contributed by atoms with E-state index in [1.54, 1.807) is 24.3 Å². The van der Waals surface area contributed by atoms with E-state index in [2.05, 4.69) is 21.4 Å². The van der Waals surface area contributed by atoms with Gasteiger partial charge in [-0.15, -0.1) is 0 Å². The molecular formula is C25H25ClFN3O. The van der Waals surface area contributed by atoms with Crippen LogP contribution in [0.4, 0.5) is 10.2 Å². The van der Waals surface area contributed by atoms with Crippen LogP contribution in [0.15, 0.2) is 48.8 Å². The normalized spacial score (nSPS) is 26.0. The summed E-state index contributed by atoms with van der Waals surface area (Å²) in [5.41, 5.74) is 2.07. The molecule has 3 aromatic rings. The summed E-state index contributed by atoms with van der Waals surface area (Å²) in [5.74, 6) is 2.35. The summed E-state index contributed by atoms with van der Waals surface area (Å²) in [6.45, 7) is 2.02. The molecule has 0 bridgehead atoms. The van der Waals surface area contributed by atoms with Crippen LogP contribution < -0.4 is 5.32 Å². The predicted octanol–water partition coefficient (Wildman–Crippen LogP) is 6.22. The lowest BCUT2D eigenvalue weighted by Crippen LogP contribution is -2.26. The topological polar surface area (TPSA) is 54.9 Å². The second-order valence-corrected chi connectivity index (χ2v) is 9.56. The molecule has 31 heavy (non-hydrogen) atoms. The van der Waals surface area contributed by atoms with Crippen molar-refractivity contribution in [2.75, 3.05) is 5.32 Å². The van der Waals surface area contributed by atoms with Crippen LogP contribution in [-0.4, -0.2) is 15.9 Å². The smallest absolute Gasteiger partial charge is 0.228 e. The largest absolute Gasteiger partial charge is 0.310 e. The van der Waals surface area contributed by atoms with E-state index in [4.69, 9.17) is 11.6 Å². The highest BCUT2D eigenvalue weighted by Gasteiger charge is 2.44. The number of amides is 1. The lowest BCUT2D eigenvalue weighted by atomic mass is 9.86. The van der Waals surface area contributed by atoms with Crippen molar-refractivity contribution in [2.45, 2.75) is 38.5 Å². The molecule has 2 aliphatic rings. The molecule has 0 radical (unpaired) electrons. The molecule has 0 saturated heterocycles. The fourth-order valence-electron chi connectivity index (χ4n) is 5.73. The third-order valence-corrected chi connectivity index (χ3v) is 7.55. The molecule has 160 valence electrons. The Kier molecular flexibility index (Phi) is 5.39. The van der Waals surface area contributed by atoms with Crippen LogP contribution in [0.3, 0.4) is 0 Å². The predicted molar refractivity (Wildman–Crippen MR) is 120 cm³/mol. The summed E-state index contributed by atoms with van der Waals surface area (Å²) in [6.07, 6.45) is 7.72. The van der Waals surface area contributed by atoms with Crippen molar-refractivity contribution in [3.63, 3.8) is 0 Å². The molecule has 0 aliphatic heterocycles. The maximum absolute atomic E-state index is 13.8. The van der Waals surface area contributed by atoms with Crippen molar-refractivity contribution >= 4 is 34.2 Å². The van der Waals surface area contributed by atoms with Crippen LogP contribution in [0.5, 0.6) is 0 Å². The van der Waals surface area contributed by atoms with Crippen LogP contribution in [0.25, 0.3) is 10.9 Å². The van der Waals surface area contributed by atoms with Crippen LogP contribution in [0, 0.1) is 29.5 Å². The van der Waals surface area contributed by atoms with Crippen LogP contribution >= 0.6 is 11.6 Å². The van der Waals surface area contributed by atoms with Crippen molar-refractivity contribution in [3.8, 4) is 0 Å². The average molecular weight is 438 g/mol. The van der Waals surface area contributed by atoms with Gasteiger partial charge in [0.25, 0.3) is 0 Å². The molecule has 1 aromatic carbocycles. The number of pyridine rings is 2. The Morgan fingerprint density at radius 1 is 1.10 bits per heavy atom. The van der Waals surface area contributed by atoms with Gasteiger partial charge in [-0.2, -0.15) is 0 Å². The van der Waals surface area contributed by atoms with E-state index in [9.17, 15) is 9.18 Å². The number of rotatable bonds is 4. The van der Waals surface area contributed by atoms with Crippen LogP contribution in [-0.2, 0) is 4.79 Å². The quantitative estimate of drug-likeness (QED) is 0.527. The second-order valence-electron chi connectivity index (χ2n) is 9.12. The van der Waals surface area contributed by atoms with Gasteiger partial charge in [-0.1, -0.05) is 18.5 Å². The maximum atomic E-state index is 13.8.